The smallest absolute Gasteiger partial charge is 0.277 e. The van der Waals surface area contributed by atoms with Gasteiger partial charge in [0.05, 0.1) is 27.9 Å². The predicted molar refractivity (Wildman–Crippen MR) is 127 cm³/mol. The van der Waals surface area contributed by atoms with Crippen molar-refractivity contribution in [2.24, 2.45) is 5.73 Å². The van der Waals surface area contributed by atoms with Crippen LogP contribution in [-0.4, -0.2) is 57.0 Å². The number of primary amides is 1. The van der Waals surface area contributed by atoms with Crippen LogP contribution in [0.5, 0.6) is 0 Å². The van der Waals surface area contributed by atoms with Gasteiger partial charge in [-0.2, -0.15) is 0 Å². The lowest BCUT2D eigenvalue weighted by atomic mass is 9.99. The summed E-state index contributed by atoms with van der Waals surface area (Å²) in [5, 5.41) is 6.00. The van der Waals surface area contributed by atoms with Crippen molar-refractivity contribution >= 4 is 45.4 Å². The minimum Gasteiger partial charge on any atom is -0.381 e. The number of aromatic nitrogens is 3. The molecule has 2 aliphatic heterocycles. The van der Waals surface area contributed by atoms with Crippen LogP contribution in [0.15, 0.2) is 23.7 Å². The molecule has 5 rings (SSSR count). The largest absolute Gasteiger partial charge is 0.381 e. The van der Waals surface area contributed by atoms with Crippen molar-refractivity contribution in [3.63, 3.8) is 0 Å². The fourth-order valence-corrected chi connectivity index (χ4v) is 6.34. The molecule has 0 aromatic carbocycles. The third kappa shape index (κ3) is 4.23. The Kier molecular flexibility index (Phi) is 5.85. The van der Waals surface area contributed by atoms with Crippen LogP contribution in [-0.2, 0) is 4.74 Å². The van der Waals surface area contributed by atoms with Crippen molar-refractivity contribution in [1.82, 2.24) is 19.9 Å². The number of amides is 2. The molecule has 0 saturated carbocycles. The number of carbonyl (C=O) groups is 2. The Hall–Kier alpha value is -2.89. The standard InChI is InChI=1S/C22H24N6O3S2/c1-11-18(33-20(25-11)19(23)29)16-10-32-22(26-16)27-17-6-3-12(9-24-17)21(30)28-13-4-5-14(28)8-15(7-13)31-2/h3,6,9-10,13-15H,4-5,7-8H2,1-2H3,(H2,23,29)(H,24,26,27)/t13-,14+,15+. The van der Waals surface area contributed by atoms with Gasteiger partial charge in [0.15, 0.2) is 10.1 Å². The average Bonchev–Trinajstić information content (AvgIpc) is 3.49. The Balaban J connectivity index is 1.27. The quantitative estimate of drug-likeness (QED) is 0.548. The number of thiazole rings is 2. The molecule has 2 aliphatic rings. The number of fused-ring (bicyclic) bond motifs is 2. The van der Waals surface area contributed by atoms with E-state index in [1.807, 2.05) is 17.2 Å². The number of methoxy groups -OCH3 is 1. The molecule has 5 heterocycles. The SMILES string of the molecule is CO[C@H]1C[C@H]2CC[C@@H](C1)N2C(=O)c1ccc(Nc2nc(-c3sc(C(N)=O)nc3C)cs2)nc1. The summed E-state index contributed by atoms with van der Waals surface area (Å²) in [4.78, 5) is 40.6. The van der Waals surface area contributed by atoms with Gasteiger partial charge in [0.2, 0.25) is 0 Å². The lowest BCUT2D eigenvalue weighted by molar-refractivity contribution is 0.00820. The Labute approximate surface area is 199 Å². The Morgan fingerprint density at radius 3 is 2.58 bits per heavy atom. The monoisotopic (exact) mass is 484 g/mol. The minimum absolute atomic E-state index is 0.0403. The highest BCUT2D eigenvalue weighted by molar-refractivity contribution is 7.18. The molecule has 0 radical (unpaired) electrons. The van der Waals surface area contributed by atoms with Gasteiger partial charge in [0.1, 0.15) is 5.82 Å². The zero-order chi connectivity index (χ0) is 23.1. The maximum atomic E-state index is 13.1. The van der Waals surface area contributed by atoms with Gasteiger partial charge in [0, 0.05) is 30.8 Å². The van der Waals surface area contributed by atoms with Crippen LogP contribution >= 0.6 is 22.7 Å². The molecule has 2 amide bonds. The molecule has 0 aliphatic carbocycles. The number of hydrogen-bond acceptors (Lipinski definition) is 9. The van der Waals surface area contributed by atoms with Gasteiger partial charge in [0.25, 0.3) is 11.8 Å². The van der Waals surface area contributed by atoms with E-state index in [4.69, 9.17) is 10.5 Å². The first-order chi connectivity index (χ1) is 15.9. The van der Waals surface area contributed by atoms with E-state index in [9.17, 15) is 9.59 Å². The Bertz CT molecular complexity index is 1180. The number of nitrogens with two attached hydrogens (primary N) is 1. The van der Waals surface area contributed by atoms with Crippen LogP contribution < -0.4 is 11.1 Å². The summed E-state index contributed by atoms with van der Waals surface area (Å²) in [6.07, 6.45) is 5.74. The maximum Gasteiger partial charge on any atom is 0.277 e. The fraction of sp³-hybridized carbons (Fsp3) is 0.409. The second-order valence-electron chi connectivity index (χ2n) is 8.32. The fourth-order valence-electron chi connectivity index (χ4n) is 4.68. The highest BCUT2D eigenvalue weighted by Crippen LogP contribution is 2.38. The predicted octanol–water partition coefficient (Wildman–Crippen LogP) is 3.59. The number of aryl methyl sites for hydroxylation is 1. The molecule has 3 aromatic rings. The topological polar surface area (TPSA) is 123 Å². The van der Waals surface area contributed by atoms with Gasteiger partial charge in [-0.1, -0.05) is 0 Å². The van der Waals surface area contributed by atoms with Gasteiger partial charge in [-0.25, -0.2) is 15.0 Å². The zero-order valence-electron chi connectivity index (χ0n) is 18.3. The highest BCUT2D eigenvalue weighted by atomic mass is 32.1. The summed E-state index contributed by atoms with van der Waals surface area (Å²) in [6.45, 7) is 1.83. The van der Waals surface area contributed by atoms with Crippen molar-refractivity contribution in [1.29, 1.82) is 0 Å². The third-order valence-corrected chi connectivity index (χ3v) is 8.20. The molecule has 11 heteroatoms. The molecule has 9 nitrogen and oxygen atoms in total. The molecule has 2 saturated heterocycles. The third-order valence-electron chi connectivity index (χ3n) is 6.25. The minimum atomic E-state index is -0.544. The van der Waals surface area contributed by atoms with E-state index in [2.05, 4.69) is 20.3 Å². The Morgan fingerprint density at radius 2 is 1.97 bits per heavy atom. The van der Waals surface area contributed by atoms with E-state index in [0.29, 0.717) is 16.5 Å². The number of nitrogens with one attached hydrogen (secondary N) is 1. The van der Waals surface area contributed by atoms with Crippen LogP contribution in [0.4, 0.5) is 10.9 Å². The molecule has 33 heavy (non-hydrogen) atoms. The van der Waals surface area contributed by atoms with Crippen molar-refractivity contribution in [2.75, 3.05) is 12.4 Å². The van der Waals surface area contributed by atoms with Crippen molar-refractivity contribution in [3.05, 3.63) is 40.0 Å². The number of piperidine rings is 1. The molecule has 2 bridgehead atoms. The summed E-state index contributed by atoms with van der Waals surface area (Å²) in [7, 11) is 1.75. The van der Waals surface area contributed by atoms with Crippen LogP contribution in [0, 0.1) is 6.92 Å². The molecule has 3 N–H and O–H groups in total. The summed E-state index contributed by atoms with van der Waals surface area (Å²) < 4.78 is 5.54. The lowest BCUT2D eigenvalue weighted by Crippen LogP contribution is -2.48. The van der Waals surface area contributed by atoms with Gasteiger partial charge in [-0.3, -0.25) is 9.59 Å². The van der Waals surface area contributed by atoms with Crippen molar-refractivity contribution < 1.29 is 14.3 Å². The van der Waals surface area contributed by atoms with Crippen molar-refractivity contribution in [2.45, 2.75) is 50.8 Å². The highest BCUT2D eigenvalue weighted by Gasteiger charge is 2.43. The second-order valence-corrected chi connectivity index (χ2v) is 10.2. The van der Waals surface area contributed by atoms with Crippen LogP contribution in [0.25, 0.3) is 10.6 Å². The second kappa shape index (κ2) is 8.81. The maximum absolute atomic E-state index is 13.1. The average molecular weight is 485 g/mol. The number of rotatable bonds is 6. The molecule has 0 spiro atoms. The van der Waals surface area contributed by atoms with E-state index in [1.165, 1.54) is 22.7 Å². The number of carbonyl (C=O) groups excluding carboxylic acids is 2. The summed E-state index contributed by atoms with van der Waals surface area (Å²) in [5.41, 5.74) is 7.37. The van der Waals surface area contributed by atoms with E-state index in [1.54, 1.807) is 25.4 Å². The molecular weight excluding hydrogens is 460 g/mol. The van der Waals surface area contributed by atoms with Gasteiger partial charge < -0.3 is 20.7 Å². The molecular formula is C22H24N6O3S2. The van der Waals surface area contributed by atoms with E-state index in [0.717, 1.165) is 41.9 Å². The van der Waals surface area contributed by atoms with E-state index >= 15 is 0 Å². The molecule has 3 atom stereocenters. The normalized spacial score (nSPS) is 21.9. The number of anilines is 2. The first kappa shape index (κ1) is 21.9. The first-order valence-corrected chi connectivity index (χ1v) is 12.4. The number of hydrogen-bond donors (Lipinski definition) is 2. The molecule has 2 fully saturated rings. The number of pyridine rings is 1. The van der Waals surface area contributed by atoms with Gasteiger partial charge in [-0.05, 0) is 44.7 Å². The molecule has 172 valence electrons. The van der Waals surface area contributed by atoms with Gasteiger partial charge >= 0.3 is 0 Å². The van der Waals surface area contributed by atoms with E-state index in [-0.39, 0.29) is 29.1 Å². The number of ether oxygens (including phenoxy) is 1. The summed E-state index contributed by atoms with van der Waals surface area (Å²) in [6, 6.07) is 4.10. The van der Waals surface area contributed by atoms with Crippen LogP contribution in [0.3, 0.4) is 0 Å². The molecule has 0 unspecified atom stereocenters. The van der Waals surface area contributed by atoms with Gasteiger partial charge in [-0.15, -0.1) is 22.7 Å². The van der Waals surface area contributed by atoms with Crippen LogP contribution in [0.1, 0.15) is 51.5 Å². The summed E-state index contributed by atoms with van der Waals surface area (Å²) in [5.74, 6) is 0.101. The van der Waals surface area contributed by atoms with Crippen molar-refractivity contribution in [3.8, 4) is 10.6 Å². The van der Waals surface area contributed by atoms with Crippen LogP contribution in [0.2, 0.25) is 0 Å². The zero-order valence-corrected chi connectivity index (χ0v) is 19.9. The number of nitrogens with zero attached hydrogens (tertiary/aromatic N) is 4. The first-order valence-electron chi connectivity index (χ1n) is 10.7. The molecule has 3 aromatic heterocycles. The Morgan fingerprint density at radius 1 is 1.21 bits per heavy atom. The summed E-state index contributed by atoms with van der Waals surface area (Å²) >= 11 is 2.65. The van der Waals surface area contributed by atoms with E-state index < -0.39 is 5.91 Å². The lowest BCUT2D eigenvalue weighted by Gasteiger charge is -2.38.